The molecular weight excluding hydrogens is 316 g/mol. The predicted molar refractivity (Wildman–Crippen MR) is 87.3 cm³/mol. The number of nitrogens with one attached hydrogen (secondary N) is 1. The minimum atomic E-state index is -0.503. The van der Waals surface area contributed by atoms with Gasteiger partial charge in [0, 0.05) is 23.0 Å². The minimum absolute atomic E-state index is 0.0336. The Hall–Kier alpha value is -2.40. The minimum Gasteiger partial charge on any atom is -0.469 e. The number of nitrogens with zero attached hydrogens (tertiary/aromatic N) is 1. The van der Waals surface area contributed by atoms with Gasteiger partial charge >= 0.3 is 5.97 Å². The highest BCUT2D eigenvalue weighted by molar-refractivity contribution is 6.31. The molecule has 6 heteroatoms. The predicted octanol–water partition coefficient (Wildman–Crippen LogP) is 3.08. The molecular formula is C17H17ClN2O3. The van der Waals surface area contributed by atoms with Crippen molar-refractivity contribution in [3.05, 3.63) is 64.4 Å². The van der Waals surface area contributed by atoms with E-state index in [0.717, 1.165) is 5.56 Å². The second-order valence-electron chi connectivity index (χ2n) is 5.00. The molecule has 120 valence electrons. The van der Waals surface area contributed by atoms with Gasteiger partial charge in [-0.05, 0) is 42.3 Å². The van der Waals surface area contributed by atoms with Crippen molar-refractivity contribution in [2.24, 2.45) is 0 Å². The lowest BCUT2D eigenvalue weighted by atomic mass is 10.0. The zero-order valence-corrected chi connectivity index (χ0v) is 13.6. The number of rotatable bonds is 5. The lowest BCUT2D eigenvalue weighted by Gasteiger charge is -2.19. The van der Waals surface area contributed by atoms with Crippen molar-refractivity contribution in [2.75, 3.05) is 7.11 Å². The lowest BCUT2D eigenvalue weighted by molar-refractivity contribution is -0.141. The van der Waals surface area contributed by atoms with Crippen LogP contribution in [0, 0.1) is 6.92 Å². The molecule has 0 aliphatic rings. The van der Waals surface area contributed by atoms with Crippen molar-refractivity contribution in [3.63, 3.8) is 0 Å². The molecule has 0 saturated carbocycles. The van der Waals surface area contributed by atoms with Crippen LogP contribution in [-0.2, 0) is 9.53 Å². The highest BCUT2D eigenvalue weighted by atomic mass is 35.5. The number of amides is 1. The van der Waals surface area contributed by atoms with Gasteiger partial charge in [0.2, 0.25) is 0 Å². The van der Waals surface area contributed by atoms with E-state index in [2.05, 4.69) is 10.3 Å². The SMILES string of the molecule is COC(=O)CC(NC(=O)c1cccc(Cl)c1C)c1ccncc1. The number of esters is 1. The molecule has 1 atom stereocenters. The maximum Gasteiger partial charge on any atom is 0.307 e. The monoisotopic (exact) mass is 332 g/mol. The third kappa shape index (κ3) is 4.29. The van der Waals surface area contributed by atoms with Crippen LogP contribution in [0.1, 0.15) is 33.9 Å². The zero-order valence-electron chi connectivity index (χ0n) is 12.9. The summed E-state index contributed by atoms with van der Waals surface area (Å²) >= 11 is 6.06. The lowest BCUT2D eigenvalue weighted by Crippen LogP contribution is -2.31. The van der Waals surface area contributed by atoms with Gasteiger partial charge < -0.3 is 10.1 Å². The topological polar surface area (TPSA) is 68.3 Å². The molecule has 0 radical (unpaired) electrons. The molecule has 1 amide bonds. The van der Waals surface area contributed by atoms with Gasteiger partial charge in [0.15, 0.2) is 0 Å². The van der Waals surface area contributed by atoms with Crippen molar-refractivity contribution >= 4 is 23.5 Å². The Labute approximate surface area is 139 Å². The first kappa shape index (κ1) is 17.0. The Bertz CT molecular complexity index is 704. The first-order valence-corrected chi connectivity index (χ1v) is 7.43. The van der Waals surface area contributed by atoms with E-state index in [1.54, 1.807) is 49.6 Å². The first-order chi connectivity index (χ1) is 11.0. The van der Waals surface area contributed by atoms with Crippen LogP contribution in [0.2, 0.25) is 5.02 Å². The summed E-state index contributed by atoms with van der Waals surface area (Å²) in [6.45, 7) is 1.78. The number of benzene rings is 1. The van der Waals surface area contributed by atoms with Gasteiger partial charge in [-0.15, -0.1) is 0 Å². The smallest absolute Gasteiger partial charge is 0.307 e. The summed E-state index contributed by atoms with van der Waals surface area (Å²) in [6.07, 6.45) is 3.25. The summed E-state index contributed by atoms with van der Waals surface area (Å²) in [6, 6.07) is 8.13. The average Bonchev–Trinajstić information content (AvgIpc) is 2.57. The second-order valence-corrected chi connectivity index (χ2v) is 5.41. The van der Waals surface area contributed by atoms with E-state index in [1.165, 1.54) is 7.11 Å². The molecule has 2 rings (SSSR count). The number of hydrogen-bond acceptors (Lipinski definition) is 4. The number of aromatic nitrogens is 1. The molecule has 0 saturated heterocycles. The standard InChI is InChI=1S/C17H17ClN2O3/c1-11-13(4-3-5-14(11)18)17(22)20-15(10-16(21)23-2)12-6-8-19-9-7-12/h3-9,15H,10H2,1-2H3,(H,20,22). The molecule has 1 aromatic heterocycles. The van der Waals surface area contributed by atoms with Crippen LogP contribution in [0.3, 0.4) is 0 Å². The van der Waals surface area contributed by atoms with E-state index in [1.807, 2.05) is 0 Å². The highest BCUT2D eigenvalue weighted by Gasteiger charge is 2.20. The van der Waals surface area contributed by atoms with Crippen molar-refractivity contribution in [3.8, 4) is 0 Å². The Kier molecular flexibility index (Phi) is 5.71. The fourth-order valence-electron chi connectivity index (χ4n) is 2.19. The molecule has 1 aromatic carbocycles. The van der Waals surface area contributed by atoms with Crippen molar-refractivity contribution in [1.82, 2.24) is 10.3 Å². The molecule has 0 fully saturated rings. The average molecular weight is 333 g/mol. The van der Waals surface area contributed by atoms with Gasteiger partial charge in [-0.25, -0.2) is 0 Å². The number of halogens is 1. The Morgan fingerprint density at radius 2 is 1.96 bits per heavy atom. The second kappa shape index (κ2) is 7.74. The number of carbonyl (C=O) groups is 2. The fraction of sp³-hybridized carbons (Fsp3) is 0.235. The van der Waals surface area contributed by atoms with Gasteiger partial charge in [0.05, 0.1) is 19.6 Å². The Morgan fingerprint density at radius 1 is 1.26 bits per heavy atom. The van der Waals surface area contributed by atoms with E-state index >= 15 is 0 Å². The molecule has 1 N–H and O–H groups in total. The number of carbonyl (C=O) groups excluding carboxylic acids is 2. The van der Waals surface area contributed by atoms with E-state index < -0.39 is 12.0 Å². The van der Waals surface area contributed by atoms with Crippen LogP contribution < -0.4 is 5.32 Å². The van der Waals surface area contributed by atoms with Crippen LogP contribution in [0.5, 0.6) is 0 Å². The van der Waals surface area contributed by atoms with Crippen molar-refractivity contribution in [2.45, 2.75) is 19.4 Å². The molecule has 0 aliphatic heterocycles. The van der Waals surface area contributed by atoms with E-state index in [-0.39, 0.29) is 12.3 Å². The molecule has 0 aliphatic carbocycles. The van der Waals surface area contributed by atoms with Gasteiger partial charge in [0.1, 0.15) is 0 Å². The third-order valence-corrected chi connectivity index (χ3v) is 3.93. The molecule has 0 bridgehead atoms. The van der Waals surface area contributed by atoms with Crippen LogP contribution in [-0.4, -0.2) is 24.0 Å². The summed E-state index contributed by atoms with van der Waals surface area (Å²) in [7, 11) is 1.31. The maximum absolute atomic E-state index is 12.5. The number of methoxy groups -OCH3 is 1. The highest BCUT2D eigenvalue weighted by Crippen LogP contribution is 2.21. The van der Waals surface area contributed by atoms with Crippen molar-refractivity contribution in [1.29, 1.82) is 0 Å². The van der Waals surface area contributed by atoms with Gasteiger partial charge in [-0.1, -0.05) is 17.7 Å². The maximum atomic E-state index is 12.5. The van der Waals surface area contributed by atoms with Crippen LogP contribution >= 0.6 is 11.6 Å². The molecule has 23 heavy (non-hydrogen) atoms. The summed E-state index contributed by atoms with van der Waals surface area (Å²) in [5.41, 5.74) is 1.94. The molecule has 5 nitrogen and oxygen atoms in total. The van der Waals surface area contributed by atoms with Crippen LogP contribution in [0.25, 0.3) is 0 Å². The summed E-state index contributed by atoms with van der Waals surface area (Å²) in [5, 5.41) is 3.38. The third-order valence-electron chi connectivity index (χ3n) is 3.52. The van der Waals surface area contributed by atoms with Crippen molar-refractivity contribution < 1.29 is 14.3 Å². The summed E-state index contributed by atoms with van der Waals surface area (Å²) < 4.78 is 4.71. The fourth-order valence-corrected chi connectivity index (χ4v) is 2.36. The van der Waals surface area contributed by atoms with E-state index in [4.69, 9.17) is 16.3 Å². The molecule has 0 spiro atoms. The number of ether oxygens (including phenoxy) is 1. The van der Waals surface area contributed by atoms with Crippen LogP contribution in [0.15, 0.2) is 42.7 Å². The summed E-state index contributed by atoms with van der Waals surface area (Å²) in [4.78, 5) is 28.1. The van der Waals surface area contributed by atoms with E-state index in [9.17, 15) is 9.59 Å². The largest absolute Gasteiger partial charge is 0.469 e. The van der Waals surface area contributed by atoms with Gasteiger partial charge in [-0.2, -0.15) is 0 Å². The zero-order chi connectivity index (χ0) is 16.8. The Balaban J connectivity index is 2.25. The van der Waals surface area contributed by atoms with Gasteiger partial charge in [-0.3, -0.25) is 14.6 Å². The molecule has 1 unspecified atom stereocenters. The molecule has 2 aromatic rings. The normalized spacial score (nSPS) is 11.6. The van der Waals surface area contributed by atoms with Gasteiger partial charge in [0.25, 0.3) is 5.91 Å². The number of pyridine rings is 1. The number of hydrogen-bond donors (Lipinski definition) is 1. The first-order valence-electron chi connectivity index (χ1n) is 7.05. The van der Waals surface area contributed by atoms with E-state index in [0.29, 0.717) is 16.1 Å². The Morgan fingerprint density at radius 3 is 2.61 bits per heavy atom. The van der Waals surface area contributed by atoms with Crippen LogP contribution in [0.4, 0.5) is 0 Å². The summed E-state index contributed by atoms with van der Waals surface area (Å²) in [5.74, 6) is -0.703. The molecule has 1 heterocycles. The quantitative estimate of drug-likeness (QED) is 0.854.